The summed E-state index contributed by atoms with van der Waals surface area (Å²) in [6.45, 7) is 3.36. The molecule has 3 aromatic rings. The van der Waals surface area contributed by atoms with Gasteiger partial charge in [0.05, 0.1) is 41.7 Å². The van der Waals surface area contributed by atoms with Crippen molar-refractivity contribution in [2.45, 2.75) is 51.6 Å². The predicted octanol–water partition coefficient (Wildman–Crippen LogP) is 4.33. The molecule has 0 saturated carbocycles. The van der Waals surface area contributed by atoms with Crippen LogP contribution >= 0.6 is 0 Å². The van der Waals surface area contributed by atoms with Crippen LogP contribution in [0.1, 0.15) is 64.1 Å². The molecule has 5 rings (SSSR count). The van der Waals surface area contributed by atoms with Crippen molar-refractivity contribution in [3.05, 3.63) is 57.9 Å². The number of hydrogen-bond acceptors (Lipinski definition) is 7. The number of anilines is 1. The molecule has 1 aromatic carbocycles. The molecule has 9 nitrogen and oxygen atoms in total. The summed E-state index contributed by atoms with van der Waals surface area (Å²) in [7, 11) is -3.15. The fourth-order valence-electron chi connectivity index (χ4n) is 5.73. The molecule has 0 radical (unpaired) electrons. The number of hydrogen-bond donors (Lipinski definition) is 1. The Morgan fingerprint density at radius 1 is 1.15 bits per heavy atom. The number of alkyl halides is 3. The molecule has 13 heteroatoms. The molecule has 0 bridgehead atoms. The summed E-state index contributed by atoms with van der Waals surface area (Å²) >= 11 is 0. The highest BCUT2D eigenvalue weighted by molar-refractivity contribution is 7.91. The molecule has 0 spiro atoms. The van der Waals surface area contributed by atoms with Crippen molar-refractivity contribution in [1.29, 1.82) is 0 Å². The Hall–Kier alpha value is -3.19. The highest BCUT2D eigenvalue weighted by atomic mass is 32.2. The maximum atomic E-state index is 13.7. The molecule has 1 N–H and O–H groups in total. The number of aromatic carboxylic acids is 1. The van der Waals surface area contributed by atoms with E-state index >= 15 is 0 Å². The molecular formula is C28H33F3N4O5S. The third-order valence-corrected chi connectivity index (χ3v) is 9.83. The van der Waals surface area contributed by atoms with Gasteiger partial charge in [-0.1, -0.05) is 25.0 Å². The summed E-state index contributed by atoms with van der Waals surface area (Å²) in [5, 5.41) is 14.8. The van der Waals surface area contributed by atoms with Crippen molar-refractivity contribution in [3.63, 3.8) is 0 Å². The monoisotopic (exact) mass is 594 g/mol. The van der Waals surface area contributed by atoms with Crippen molar-refractivity contribution in [1.82, 2.24) is 14.6 Å². The van der Waals surface area contributed by atoms with Gasteiger partial charge in [0.15, 0.2) is 11.5 Å². The van der Waals surface area contributed by atoms with E-state index in [2.05, 4.69) is 0 Å². The molecule has 41 heavy (non-hydrogen) atoms. The van der Waals surface area contributed by atoms with Crippen molar-refractivity contribution in [2.24, 2.45) is 5.92 Å². The minimum absolute atomic E-state index is 0.0247. The van der Waals surface area contributed by atoms with Gasteiger partial charge in [0, 0.05) is 25.6 Å². The number of ether oxygens (including phenoxy) is 1. The topological polar surface area (TPSA) is 114 Å². The van der Waals surface area contributed by atoms with Crippen LogP contribution in [0.15, 0.2) is 24.3 Å². The number of benzene rings is 1. The Morgan fingerprint density at radius 2 is 1.90 bits per heavy atom. The standard InChI is InChI=1S/C28H33F3N4O5S/c1-18-20(6-4-7-22(18)28(29,30)31)16-24-23(15-19-5-2-3-13-41(38,39)14-8-19)32-26-21(27(36)37)17-25(33-35(24)26)34-9-11-40-12-10-34/h4,6-7,17,19H,2-3,5,8-16H2,1H3,(H,36,37). The van der Waals surface area contributed by atoms with E-state index in [0.29, 0.717) is 68.3 Å². The predicted molar refractivity (Wildman–Crippen MR) is 146 cm³/mol. The lowest BCUT2D eigenvalue weighted by atomic mass is 9.92. The number of nitrogens with zero attached hydrogens (tertiary/aromatic N) is 4. The van der Waals surface area contributed by atoms with E-state index in [0.717, 1.165) is 18.9 Å². The van der Waals surface area contributed by atoms with E-state index in [4.69, 9.17) is 14.8 Å². The van der Waals surface area contributed by atoms with Crippen LogP contribution in [-0.4, -0.2) is 71.9 Å². The van der Waals surface area contributed by atoms with Gasteiger partial charge in [-0.25, -0.2) is 22.7 Å². The largest absolute Gasteiger partial charge is 0.478 e. The first-order chi connectivity index (χ1) is 19.4. The summed E-state index contributed by atoms with van der Waals surface area (Å²) in [6, 6.07) is 5.50. The fourth-order valence-corrected chi connectivity index (χ4v) is 7.27. The van der Waals surface area contributed by atoms with E-state index in [1.807, 2.05) is 4.90 Å². The van der Waals surface area contributed by atoms with E-state index in [1.54, 1.807) is 6.07 Å². The average molecular weight is 595 g/mol. The second kappa shape index (κ2) is 11.6. The Bertz CT molecular complexity index is 1550. The molecule has 2 aromatic heterocycles. The van der Waals surface area contributed by atoms with Crippen LogP contribution in [0.3, 0.4) is 0 Å². The van der Waals surface area contributed by atoms with E-state index < -0.39 is 27.5 Å². The second-order valence-electron chi connectivity index (χ2n) is 10.8. The number of halogens is 3. The molecule has 1 unspecified atom stereocenters. The normalized spacial score (nSPS) is 20.1. The summed E-state index contributed by atoms with van der Waals surface area (Å²) in [5.74, 6) is -0.566. The number of aromatic nitrogens is 3. The number of carboxylic acid groups (broad SMARTS) is 1. The van der Waals surface area contributed by atoms with Crippen LogP contribution in [0.2, 0.25) is 0 Å². The van der Waals surface area contributed by atoms with Gasteiger partial charge in [0.1, 0.15) is 15.4 Å². The van der Waals surface area contributed by atoms with E-state index in [9.17, 15) is 31.5 Å². The highest BCUT2D eigenvalue weighted by Gasteiger charge is 2.33. The summed E-state index contributed by atoms with van der Waals surface area (Å²) in [4.78, 5) is 19.0. The lowest BCUT2D eigenvalue weighted by Gasteiger charge is -2.28. The molecule has 0 aliphatic carbocycles. The number of sulfone groups is 1. The minimum atomic E-state index is -4.52. The average Bonchev–Trinajstić information content (AvgIpc) is 3.25. The molecule has 2 saturated heterocycles. The van der Waals surface area contributed by atoms with Gasteiger partial charge in [0.2, 0.25) is 0 Å². The van der Waals surface area contributed by atoms with Crippen LogP contribution in [0.4, 0.5) is 19.0 Å². The molecule has 4 heterocycles. The first-order valence-corrected chi connectivity index (χ1v) is 15.6. The van der Waals surface area contributed by atoms with Gasteiger partial charge in [-0.15, -0.1) is 5.10 Å². The first-order valence-electron chi connectivity index (χ1n) is 13.8. The summed E-state index contributed by atoms with van der Waals surface area (Å²) in [5.41, 5.74) is 0.865. The van der Waals surface area contributed by atoms with Crippen LogP contribution in [0, 0.1) is 12.8 Å². The molecule has 2 fully saturated rings. The van der Waals surface area contributed by atoms with Gasteiger partial charge >= 0.3 is 12.1 Å². The summed E-state index contributed by atoms with van der Waals surface area (Å²) in [6.07, 6.45) is -1.56. The number of carbonyl (C=O) groups is 1. The quantitative estimate of drug-likeness (QED) is 0.449. The third-order valence-electron chi connectivity index (χ3n) is 8.06. The molecule has 2 aliphatic heterocycles. The first kappa shape index (κ1) is 29.3. The fraction of sp³-hybridized carbons (Fsp3) is 0.536. The van der Waals surface area contributed by atoms with Gasteiger partial charge < -0.3 is 14.7 Å². The summed E-state index contributed by atoms with van der Waals surface area (Å²) < 4.78 is 72.7. The maximum absolute atomic E-state index is 13.7. The number of fused-ring (bicyclic) bond motifs is 1. The Balaban J connectivity index is 1.64. The van der Waals surface area contributed by atoms with E-state index in [1.165, 1.54) is 23.6 Å². The molecule has 222 valence electrons. The zero-order valence-electron chi connectivity index (χ0n) is 22.8. The minimum Gasteiger partial charge on any atom is -0.478 e. The van der Waals surface area contributed by atoms with Crippen LogP contribution < -0.4 is 4.90 Å². The zero-order valence-corrected chi connectivity index (χ0v) is 23.6. The smallest absolute Gasteiger partial charge is 0.416 e. The second-order valence-corrected chi connectivity index (χ2v) is 13.1. The van der Waals surface area contributed by atoms with Crippen molar-refractivity contribution >= 4 is 27.3 Å². The van der Waals surface area contributed by atoms with Crippen LogP contribution in [0.5, 0.6) is 0 Å². The molecule has 1 atom stereocenters. The van der Waals surface area contributed by atoms with Crippen LogP contribution in [-0.2, 0) is 33.6 Å². The lowest BCUT2D eigenvalue weighted by Crippen LogP contribution is -2.37. The van der Waals surface area contributed by atoms with E-state index in [-0.39, 0.29) is 40.6 Å². The Labute approximate surface area is 236 Å². The lowest BCUT2D eigenvalue weighted by molar-refractivity contribution is -0.138. The Kier molecular flexibility index (Phi) is 8.29. The number of rotatable bonds is 6. The SMILES string of the molecule is Cc1c(Cc2c(CC3CCCCS(=O)(=O)CC3)nc3c(C(=O)O)cc(N4CCOCC4)nn23)cccc1C(F)(F)F. The van der Waals surface area contributed by atoms with Crippen molar-refractivity contribution in [3.8, 4) is 0 Å². The number of carboxylic acids is 1. The van der Waals surface area contributed by atoms with Crippen LogP contribution in [0.25, 0.3) is 5.65 Å². The zero-order chi connectivity index (χ0) is 29.4. The number of morpholine rings is 1. The van der Waals surface area contributed by atoms with Gasteiger partial charge in [-0.2, -0.15) is 13.2 Å². The van der Waals surface area contributed by atoms with Gasteiger partial charge in [-0.05, 0) is 49.3 Å². The highest BCUT2D eigenvalue weighted by Crippen LogP contribution is 2.34. The molecular weight excluding hydrogens is 561 g/mol. The number of imidazole rings is 1. The van der Waals surface area contributed by atoms with Gasteiger partial charge in [-0.3, -0.25) is 0 Å². The molecule has 0 amide bonds. The third kappa shape index (κ3) is 6.50. The van der Waals surface area contributed by atoms with Crippen molar-refractivity contribution < 1.29 is 36.2 Å². The van der Waals surface area contributed by atoms with Gasteiger partial charge in [0.25, 0.3) is 0 Å². The Morgan fingerprint density at radius 3 is 2.61 bits per heavy atom. The maximum Gasteiger partial charge on any atom is 0.416 e. The molecule has 2 aliphatic rings. The van der Waals surface area contributed by atoms with Crippen molar-refractivity contribution in [2.75, 3.05) is 42.7 Å².